The maximum absolute atomic E-state index is 3.56. The molecule has 0 aliphatic heterocycles. The third-order valence-electron chi connectivity index (χ3n) is 2.58. The summed E-state index contributed by atoms with van der Waals surface area (Å²) >= 11 is 0. The van der Waals surface area contributed by atoms with Gasteiger partial charge in [0.1, 0.15) is 0 Å². The van der Waals surface area contributed by atoms with Gasteiger partial charge < -0.3 is 5.32 Å². The molecule has 78 valence electrons. The highest BCUT2D eigenvalue weighted by Gasteiger charge is 2.03. The van der Waals surface area contributed by atoms with Gasteiger partial charge in [-0.2, -0.15) is 0 Å². The van der Waals surface area contributed by atoms with Crippen molar-refractivity contribution in [3.8, 4) is 0 Å². The minimum absolute atomic E-state index is 0.608. The van der Waals surface area contributed by atoms with Crippen LogP contribution in [0.3, 0.4) is 0 Å². The normalized spacial score (nSPS) is 10.6. The molecule has 1 aromatic carbocycles. The van der Waals surface area contributed by atoms with E-state index in [2.05, 4.69) is 51.2 Å². The first-order valence-electron chi connectivity index (χ1n) is 5.50. The number of benzene rings is 1. The molecule has 0 saturated heterocycles. The second-order valence-electron chi connectivity index (χ2n) is 4.03. The topological polar surface area (TPSA) is 12.0 Å². The Kier molecular flexibility index (Phi) is 3.99. The fourth-order valence-electron chi connectivity index (χ4n) is 1.79. The Bertz CT molecular complexity index is 267. The van der Waals surface area contributed by atoms with Crippen LogP contribution in [-0.2, 0) is 0 Å². The molecule has 0 amide bonds. The van der Waals surface area contributed by atoms with Crippen molar-refractivity contribution in [2.24, 2.45) is 0 Å². The minimum atomic E-state index is 0.608. The molecule has 14 heavy (non-hydrogen) atoms. The summed E-state index contributed by atoms with van der Waals surface area (Å²) in [6.45, 7) is 8.74. The average Bonchev–Trinajstić information content (AvgIpc) is 2.12. The predicted octanol–water partition coefficient (Wildman–Crippen LogP) is 3.90. The van der Waals surface area contributed by atoms with Gasteiger partial charge in [-0.3, -0.25) is 0 Å². The molecular formula is C13H21N. The standard InChI is InChI=1S/C13H21N/c1-5-12(6-2)14-13-8-10(3)7-11(4)9-13/h7-9,12,14H,5-6H2,1-4H3. The van der Waals surface area contributed by atoms with E-state index in [1.807, 2.05) is 0 Å². The van der Waals surface area contributed by atoms with Gasteiger partial charge in [0.2, 0.25) is 0 Å². The highest BCUT2D eigenvalue weighted by molar-refractivity contribution is 5.48. The third-order valence-corrected chi connectivity index (χ3v) is 2.58. The Morgan fingerprint density at radius 3 is 1.93 bits per heavy atom. The summed E-state index contributed by atoms with van der Waals surface area (Å²) in [4.78, 5) is 0. The molecule has 0 bridgehead atoms. The molecule has 0 heterocycles. The Morgan fingerprint density at radius 1 is 1.00 bits per heavy atom. The quantitative estimate of drug-likeness (QED) is 0.761. The first kappa shape index (κ1) is 11.1. The van der Waals surface area contributed by atoms with Gasteiger partial charge in [-0.05, 0) is 49.9 Å². The fraction of sp³-hybridized carbons (Fsp3) is 0.538. The smallest absolute Gasteiger partial charge is 0.0347 e. The summed E-state index contributed by atoms with van der Waals surface area (Å²) in [7, 11) is 0. The lowest BCUT2D eigenvalue weighted by Gasteiger charge is -2.17. The third kappa shape index (κ3) is 3.06. The zero-order valence-electron chi connectivity index (χ0n) is 9.72. The molecule has 0 fully saturated rings. The second-order valence-corrected chi connectivity index (χ2v) is 4.03. The van der Waals surface area contributed by atoms with Crippen LogP contribution >= 0.6 is 0 Å². The van der Waals surface area contributed by atoms with Gasteiger partial charge in [-0.15, -0.1) is 0 Å². The van der Waals surface area contributed by atoms with E-state index in [-0.39, 0.29) is 0 Å². The van der Waals surface area contributed by atoms with E-state index in [1.165, 1.54) is 29.7 Å². The molecule has 0 aliphatic carbocycles. The lowest BCUT2D eigenvalue weighted by Crippen LogP contribution is -2.16. The van der Waals surface area contributed by atoms with Gasteiger partial charge in [-0.1, -0.05) is 19.9 Å². The highest BCUT2D eigenvalue weighted by Crippen LogP contribution is 2.16. The summed E-state index contributed by atoms with van der Waals surface area (Å²) in [6, 6.07) is 7.24. The summed E-state index contributed by atoms with van der Waals surface area (Å²) in [5.41, 5.74) is 3.92. The second kappa shape index (κ2) is 5.04. The van der Waals surface area contributed by atoms with Crippen molar-refractivity contribution >= 4 is 5.69 Å². The molecule has 0 aromatic heterocycles. The van der Waals surface area contributed by atoms with Crippen LogP contribution in [0.5, 0.6) is 0 Å². The van der Waals surface area contributed by atoms with Crippen molar-refractivity contribution in [2.45, 2.75) is 46.6 Å². The van der Waals surface area contributed by atoms with Crippen LogP contribution in [-0.4, -0.2) is 6.04 Å². The van der Waals surface area contributed by atoms with E-state index in [4.69, 9.17) is 0 Å². The van der Waals surface area contributed by atoms with E-state index in [0.717, 1.165) is 0 Å². The van der Waals surface area contributed by atoms with Crippen LogP contribution in [0.2, 0.25) is 0 Å². The van der Waals surface area contributed by atoms with Crippen LogP contribution < -0.4 is 5.32 Å². The maximum atomic E-state index is 3.56. The number of anilines is 1. The molecule has 1 aromatic rings. The van der Waals surface area contributed by atoms with Gasteiger partial charge in [0.25, 0.3) is 0 Å². The van der Waals surface area contributed by atoms with Gasteiger partial charge in [0.15, 0.2) is 0 Å². The zero-order valence-corrected chi connectivity index (χ0v) is 9.72. The largest absolute Gasteiger partial charge is 0.382 e. The van der Waals surface area contributed by atoms with Crippen molar-refractivity contribution in [3.63, 3.8) is 0 Å². The molecule has 0 aliphatic rings. The number of hydrogen-bond acceptors (Lipinski definition) is 1. The molecule has 0 unspecified atom stereocenters. The molecular weight excluding hydrogens is 170 g/mol. The Labute approximate surface area is 87.5 Å². The molecule has 1 nitrogen and oxygen atoms in total. The number of hydrogen-bond donors (Lipinski definition) is 1. The molecule has 1 N–H and O–H groups in total. The van der Waals surface area contributed by atoms with Gasteiger partial charge in [0.05, 0.1) is 0 Å². The van der Waals surface area contributed by atoms with E-state index in [9.17, 15) is 0 Å². The monoisotopic (exact) mass is 191 g/mol. The van der Waals surface area contributed by atoms with Crippen molar-refractivity contribution in [3.05, 3.63) is 29.3 Å². The van der Waals surface area contributed by atoms with E-state index in [1.54, 1.807) is 0 Å². The number of nitrogens with one attached hydrogen (secondary N) is 1. The Hall–Kier alpha value is -0.980. The predicted molar refractivity (Wildman–Crippen MR) is 63.9 cm³/mol. The molecule has 0 atom stereocenters. The SMILES string of the molecule is CCC(CC)Nc1cc(C)cc(C)c1. The molecule has 0 radical (unpaired) electrons. The first-order valence-corrected chi connectivity index (χ1v) is 5.50. The van der Waals surface area contributed by atoms with E-state index < -0.39 is 0 Å². The average molecular weight is 191 g/mol. The van der Waals surface area contributed by atoms with Gasteiger partial charge in [-0.25, -0.2) is 0 Å². The fourth-order valence-corrected chi connectivity index (χ4v) is 1.79. The number of rotatable bonds is 4. The molecule has 0 spiro atoms. The lowest BCUT2D eigenvalue weighted by atomic mass is 10.1. The highest BCUT2D eigenvalue weighted by atomic mass is 14.9. The molecule has 0 saturated carbocycles. The Balaban J connectivity index is 2.75. The first-order chi connectivity index (χ1) is 6.65. The summed E-state index contributed by atoms with van der Waals surface area (Å²) in [5.74, 6) is 0. The van der Waals surface area contributed by atoms with Crippen LogP contribution in [0.1, 0.15) is 37.8 Å². The zero-order chi connectivity index (χ0) is 10.6. The Morgan fingerprint density at radius 2 is 1.50 bits per heavy atom. The minimum Gasteiger partial charge on any atom is -0.382 e. The molecule has 1 heteroatoms. The summed E-state index contributed by atoms with van der Waals surface area (Å²) < 4.78 is 0. The van der Waals surface area contributed by atoms with Crippen molar-refractivity contribution < 1.29 is 0 Å². The van der Waals surface area contributed by atoms with Crippen molar-refractivity contribution in [1.29, 1.82) is 0 Å². The van der Waals surface area contributed by atoms with Crippen LogP contribution in [0, 0.1) is 13.8 Å². The van der Waals surface area contributed by atoms with Crippen LogP contribution in [0.25, 0.3) is 0 Å². The lowest BCUT2D eigenvalue weighted by molar-refractivity contribution is 0.671. The van der Waals surface area contributed by atoms with Gasteiger partial charge >= 0.3 is 0 Å². The van der Waals surface area contributed by atoms with E-state index in [0.29, 0.717) is 6.04 Å². The van der Waals surface area contributed by atoms with Crippen LogP contribution in [0.15, 0.2) is 18.2 Å². The van der Waals surface area contributed by atoms with Crippen LogP contribution in [0.4, 0.5) is 5.69 Å². The van der Waals surface area contributed by atoms with Crippen molar-refractivity contribution in [2.75, 3.05) is 5.32 Å². The number of aryl methyl sites for hydroxylation is 2. The summed E-state index contributed by atoms with van der Waals surface area (Å²) in [5, 5.41) is 3.56. The maximum Gasteiger partial charge on any atom is 0.0347 e. The van der Waals surface area contributed by atoms with Gasteiger partial charge in [0, 0.05) is 11.7 Å². The summed E-state index contributed by atoms with van der Waals surface area (Å²) in [6.07, 6.45) is 2.37. The van der Waals surface area contributed by atoms with Crippen molar-refractivity contribution in [1.82, 2.24) is 0 Å². The molecule has 1 rings (SSSR count). The van der Waals surface area contributed by atoms with E-state index >= 15 is 0 Å².